The van der Waals surface area contributed by atoms with Crippen LogP contribution in [0, 0.1) is 13.8 Å². The number of hydrogen-bond donors (Lipinski definition) is 2. The molecule has 0 aliphatic carbocycles. The Bertz CT molecular complexity index is 936. The summed E-state index contributed by atoms with van der Waals surface area (Å²) in [5.41, 5.74) is 3.65. The maximum Gasteiger partial charge on any atom is 0.243 e. The van der Waals surface area contributed by atoms with E-state index >= 15 is 0 Å². The van der Waals surface area contributed by atoms with Gasteiger partial charge in [-0.1, -0.05) is 12.1 Å². The van der Waals surface area contributed by atoms with E-state index in [0.29, 0.717) is 32.0 Å². The maximum atomic E-state index is 12.6. The molecule has 1 aliphatic heterocycles. The lowest BCUT2D eigenvalue weighted by atomic mass is 10.1. The van der Waals surface area contributed by atoms with Crippen molar-refractivity contribution >= 4 is 27.3 Å². The molecule has 8 heteroatoms. The molecule has 2 aromatic rings. The van der Waals surface area contributed by atoms with Crippen LogP contribution in [0.2, 0.25) is 0 Å². The van der Waals surface area contributed by atoms with Crippen molar-refractivity contribution in [3.63, 3.8) is 0 Å². The Hall–Kier alpha value is -2.42. The lowest BCUT2D eigenvalue weighted by molar-refractivity contribution is -0.114. The number of aryl methyl sites for hydroxylation is 2. The Kier molecular flexibility index (Phi) is 6.33. The molecule has 0 unspecified atom stereocenters. The lowest BCUT2D eigenvalue weighted by Crippen LogP contribution is -2.40. The van der Waals surface area contributed by atoms with Crippen LogP contribution in [0.3, 0.4) is 0 Å². The van der Waals surface area contributed by atoms with Gasteiger partial charge in [-0.25, -0.2) is 8.42 Å². The van der Waals surface area contributed by atoms with Crippen LogP contribution in [0.15, 0.2) is 47.4 Å². The van der Waals surface area contributed by atoms with Gasteiger partial charge in [-0.2, -0.15) is 4.31 Å². The second-order valence-corrected chi connectivity index (χ2v) is 8.70. The van der Waals surface area contributed by atoms with Crippen molar-refractivity contribution in [3.05, 3.63) is 53.6 Å². The third kappa shape index (κ3) is 4.89. The molecule has 0 saturated carbocycles. The van der Waals surface area contributed by atoms with E-state index in [2.05, 4.69) is 10.6 Å². The van der Waals surface area contributed by atoms with Gasteiger partial charge in [0.1, 0.15) is 0 Å². The van der Waals surface area contributed by atoms with Crippen molar-refractivity contribution in [2.75, 3.05) is 43.5 Å². The molecule has 2 N–H and O–H groups in total. The fourth-order valence-corrected chi connectivity index (χ4v) is 4.36. The first-order chi connectivity index (χ1) is 13.4. The number of sulfonamides is 1. The van der Waals surface area contributed by atoms with Gasteiger partial charge in [0.05, 0.1) is 24.7 Å². The number of hydrogen-bond acceptors (Lipinski definition) is 5. The van der Waals surface area contributed by atoms with Crippen molar-refractivity contribution < 1.29 is 17.9 Å². The van der Waals surface area contributed by atoms with Crippen LogP contribution in [0.5, 0.6) is 0 Å². The van der Waals surface area contributed by atoms with Crippen LogP contribution in [0.1, 0.15) is 11.1 Å². The van der Waals surface area contributed by atoms with Crippen molar-refractivity contribution in [2.24, 2.45) is 0 Å². The highest BCUT2D eigenvalue weighted by atomic mass is 32.2. The molecule has 1 saturated heterocycles. The molecule has 0 atom stereocenters. The van der Waals surface area contributed by atoms with Crippen LogP contribution in [0.25, 0.3) is 0 Å². The van der Waals surface area contributed by atoms with Crippen LogP contribution in [-0.4, -0.2) is 51.5 Å². The first-order valence-corrected chi connectivity index (χ1v) is 10.6. The van der Waals surface area contributed by atoms with E-state index in [-0.39, 0.29) is 17.3 Å². The second kappa shape index (κ2) is 8.72. The smallest absolute Gasteiger partial charge is 0.243 e. The van der Waals surface area contributed by atoms with Gasteiger partial charge in [-0.3, -0.25) is 4.79 Å². The van der Waals surface area contributed by atoms with Crippen molar-refractivity contribution in [1.29, 1.82) is 0 Å². The summed E-state index contributed by atoms with van der Waals surface area (Å²) in [4.78, 5) is 12.4. The van der Waals surface area contributed by atoms with E-state index < -0.39 is 10.0 Å². The highest BCUT2D eigenvalue weighted by molar-refractivity contribution is 7.89. The second-order valence-electron chi connectivity index (χ2n) is 6.76. The Morgan fingerprint density at radius 1 is 1.07 bits per heavy atom. The highest BCUT2D eigenvalue weighted by Crippen LogP contribution is 2.20. The number of nitrogens with one attached hydrogen (secondary N) is 2. The molecule has 3 rings (SSSR count). The number of carbonyl (C=O) groups excluding carboxylic acids is 1. The number of benzene rings is 2. The molecule has 0 spiro atoms. The molecule has 1 fully saturated rings. The summed E-state index contributed by atoms with van der Waals surface area (Å²) < 4.78 is 31.8. The zero-order valence-electron chi connectivity index (χ0n) is 16.1. The van der Waals surface area contributed by atoms with E-state index in [4.69, 9.17) is 4.74 Å². The molecule has 0 radical (unpaired) electrons. The van der Waals surface area contributed by atoms with Crippen molar-refractivity contribution in [2.45, 2.75) is 18.7 Å². The molecule has 1 amide bonds. The minimum atomic E-state index is -3.53. The van der Waals surface area contributed by atoms with Gasteiger partial charge < -0.3 is 15.4 Å². The van der Waals surface area contributed by atoms with E-state index in [9.17, 15) is 13.2 Å². The highest BCUT2D eigenvalue weighted by Gasteiger charge is 2.26. The first-order valence-electron chi connectivity index (χ1n) is 9.15. The summed E-state index contributed by atoms with van der Waals surface area (Å²) in [6, 6.07) is 12.2. The zero-order chi connectivity index (χ0) is 20.1. The van der Waals surface area contributed by atoms with E-state index in [0.717, 1.165) is 16.8 Å². The Labute approximate surface area is 165 Å². The van der Waals surface area contributed by atoms with Crippen molar-refractivity contribution in [1.82, 2.24) is 4.31 Å². The van der Waals surface area contributed by atoms with Crippen LogP contribution >= 0.6 is 0 Å². The van der Waals surface area contributed by atoms with Gasteiger partial charge in [0.15, 0.2) is 0 Å². The summed E-state index contributed by atoms with van der Waals surface area (Å²) in [5.74, 6) is -0.204. The first kappa shape index (κ1) is 20.3. The fourth-order valence-electron chi connectivity index (χ4n) is 2.95. The van der Waals surface area contributed by atoms with Gasteiger partial charge >= 0.3 is 0 Å². The normalized spacial score (nSPS) is 15.2. The summed E-state index contributed by atoms with van der Waals surface area (Å²) in [6.45, 7) is 5.61. The molecule has 0 bridgehead atoms. The van der Waals surface area contributed by atoms with Gasteiger partial charge in [0.25, 0.3) is 0 Å². The van der Waals surface area contributed by atoms with E-state index in [1.54, 1.807) is 12.1 Å². The SMILES string of the molecule is Cc1ccc(C)c(NCC(=O)Nc2ccc(S(=O)(=O)N3CCOCC3)cc2)c1. The summed E-state index contributed by atoms with van der Waals surface area (Å²) in [5, 5.41) is 5.90. The number of amides is 1. The monoisotopic (exact) mass is 403 g/mol. The molecule has 150 valence electrons. The predicted octanol–water partition coefficient (Wildman–Crippen LogP) is 2.37. The lowest BCUT2D eigenvalue weighted by Gasteiger charge is -2.26. The summed E-state index contributed by atoms with van der Waals surface area (Å²) in [7, 11) is -3.53. The minimum Gasteiger partial charge on any atom is -0.379 e. The van der Waals surface area contributed by atoms with Crippen LogP contribution < -0.4 is 10.6 Å². The number of rotatable bonds is 6. The standard InChI is InChI=1S/C20H25N3O4S/c1-15-3-4-16(2)19(13-15)21-14-20(24)22-17-5-7-18(8-6-17)28(25,26)23-9-11-27-12-10-23/h3-8,13,21H,9-12,14H2,1-2H3,(H,22,24). The molecule has 0 aromatic heterocycles. The quantitative estimate of drug-likeness (QED) is 0.773. The predicted molar refractivity (Wildman–Crippen MR) is 109 cm³/mol. The number of nitrogens with zero attached hydrogens (tertiary/aromatic N) is 1. The third-order valence-corrected chi connectivity index (χ3v) is 6.49. The Morgan fingerprint density at radius 2 is 1.75 bits per heavy atom. The summed E-state index contributed by atoms with van der Waals surface area (Å²) >= 11 is 0. The Morgan fingerprint density at radius 3 is 2.43 bits per heavy atom. The molecule has 1 heterocycles. The van der Waals surface area contributed by atoms with E-state index in [1.807, 2.05) is 32.0 Å². The number of anilines is 2. The van der Waals surface area contributed by atoms with Gasteiger partial charge in [-0.05, 0) is 55.3 Å². The average Bonchev–Trinajstić information content (AvgIpc) is 2.70. The Balaban J connectivity index is 1.59. The van der Waals surface area contributed by atoms with Gasteiger partial charge in [-0.15, -0.1) is 0 Å². The molecule has 28 heavy (non-hydrogen) atoms. The number of ether oxygens (including phenoxy) is 1. The third-order valence-electron chi connectivity index (χ3n) is 4.58. The topological polar surface area (TPSA) is 87.7 Å². The van der Waals surface area contributed by atoms with Crippen LogP contribution in [-0.2, 0) is 19.6 Å². The maximum absolute atomic E-state index is 12.6. The molecular weight excluding hydrogens is 378 g/mol. The average molecular weight is 404 g/mol. The van der Waals surface area contributed by atoms with E-state index in [1.165, 1.54) is 16.4 Å². The van der Waals surface area contributed by atoms with Gasteiger partial charge in [0, 0.05) is 24.5 Å². The molecule has 1 aliphatic rings. The largest absolute Gasteiger partial charge is 0.379 e. The number of carbonyl (C=O) groups is 1. The molecular formula is C20H25N3O4S. The zero-order valence-corrected chi connectivity index (χ0v) is 16.9. The number of morpholine rings is 1. The molecule has 2 aromatic carbocycles. The fraction of sp³-hybridized carbons (Fsp3) is 0.350. The van der Waals surface area contributed by atoms with Crippen LogP contribution in [0.4, 0.5) is 11.4 Å². The molecule has 7 nitrogen and oxygen atoms in total. The van der Waals surface area contributed by atoms with Crippen molar-refractivity contribution in [3.8, 4) is 0 Å². The minimum absolute atomic E-state index is 0.123. The summed E-state index contributed by atoms with van der Waals surface area (Å²) in [6.07, 6.45) is 0. The van der Waals surface area contributed by atoms with Gasteiger partial charge in [0.2, 0.25) is 15.9 Å².